The molecular weight excluding hydrogens is 269 g/mol. The van der Waals surface area contributed by atoms with Gasteiger partial charge in [0.05, 0.1) is 6.61 Å². The van der Waals surface area contributed by atoms with Crippen molar-refractivity contribution in [2.45, 2.75) is 25.7 Å². The summed E-state index contributed by atoms with van der Waals surface area (Å²) in [7, 11) is 0. The van der Waals surface area contributed by atoms with Crippen molar-refractivity contribution >= 4 is 23.2 Å². The Morgan fingerprint density at radius 2 is 1.89 bits per heavy atom. The van der Waals surface area contributed by atoms with Gasteiger partial charge in [0.15, 0.2) is 0 Å². The smallest absolute Gasteiger partial charge is 0.0502 e. The van der Waals surface area contributed by atoms with E-state index >= 15 is 0 Å². The lowest BCUT2D eigenvalue weighted by atomic mass is 9.78. The summed E-state index contributed by atoms with van der Waals surface area (Å²) < 4.78 is 0. The van der Waals surface area contributed by atoms with Gasteiger partial charge in [-0.1, -0.05) is 42.1 Å². The van der Waals surface area contributed by atoms with E-state index < -0.39 is 0 Å². The van der Waals surface area contributed by atoms with Gasteiger partial charge in [-0.15, -0.1) is 0 Å². The first-order chi connectivity index (χ1) is 8.60. The molecule has 3 N–H and O–H groups in total. The normalized spacial score (nSPS) is 18.7. The van der Waals surface area contributed by atoms with Crippen LogP contribution in [-0.4, -0.2) is 18.3 Å². The maximum atomic E-state index is 9.73. The molecule has 100 valence electrons. The highest BCUT2D eigenvalue weighted by Crippen LogP contribution is 2.43. The number of aliphatic hydroxyl groups excluding tert-OH is 1. The lowest BCUT2D eigenvalue weighted by Gasteiger charge is -2.31. The Hall–Kier alpha value is -0.280. The van der Waals surface area contributed by atoms with Crippen molar-refractivity contribution in [1.29, 1.82) is 0 Å². The Morgan fingerprint density at radius 3 is 2.33 bits per heavy atom. The monoisotopic (exact) mass is 287 g/mol. The fourth-order valence-electron chi connectivity index (χ4n) is 2.42. The zero-order valence-electron chi connectivity index (χ0n) is 10.3. The number of rotatable bonds is 6. The lowest BCUT2D eigenvalue weighted by Crippen LogP contribution is -2.37. The van der Waals surface area contributed by atoms with E-state index in [0.29, 0.717) is 28.9 Å². The molecule has 1 aliphatic carbocycles. The largest absolute Gasteiger partial charge is 0.396 e. The summed E-state index contributed by atoms with van der Waals surface area (Å²) in [4.78, 5) is 0. The van der Waals surface area contributed by atoms with E-state index in [9.17, 15) is 5.11 Å². The Labute approximate surface area is 118 Å². The predicted molar refractivity (Wildman–Crippen MR) is 76.1 cm³/mol. The molecule has 1 fully saturated rings. The molecule has 0 spiro atoms. The van der Waals surface area contributed by atoms with Gasteiger partial charge in [0.2, 0.25) is 0 Å². The minimum Gasteiger partial charge on any atom is -0.396 e. The van der Waals surface area contributed by atoms with Crippen LogP contribution < -0.4 is 5.73 Å². The van der Waals surface area contributed by atoms with Crippen molar-refractivity contribution in [3.8, 4) is 0 Å². The number of hydrogen-bond acceptors (Lipinski definition) is 2. The average Bonchev–Trinajstić information content (AvgIpc) is 3.16. The molecule has 0 saturated heterocycles. The summed E-state index contributed by atoms with van der Waals surface area (Å²) in [5.41, 5.74) is 6.52. The molecule has 2 nitrogen and oxygen atoms in total. The molecule has 0 heterocycles. The molecule has 1 aromatic rings. The van der Waals surface area contributed by atoms with E-state index in [4.69, 9.17) is 28.9 Å². The molecule has 0 aliphatic heterocycles. The van der Waals surface area contributed by atoms with Crippen molar-refractivity contribution in [2.75, 3.05) is 13.2 Å². The van der Waals surface area contributed by atoms with E-state index in [-0.39, 0.29) is 12.0 Å². The first-order valence-electron chi connectivity index (χ1n) is 6.34. The van der Waals surface area contributed by atoms with Gasteiger partial charge in [-0.2, -0.15) is 0 Å². The Kier molecular flexibility index (Phi) is 4.54. The molecule has 18 heavy (non-hydrogen) atoms. The fourth-order valence-corrected chi connectivity index (χ4v) is 2.95. The molecule has 2 rings (SSSR count). The molecule has 1 aromatic carbocycles. The van der Waals surface area contributed by atoms with E-state index in [1.165, 1.54) is 12.8 Å². The summed E-state index contributed by atoms with van der Waals surface area (Å²) in [6.45, 7) is 0.545. The third kappa shape index (κ3) is 3.18. The number of benzene rings is 1. The Bertz CT molecular complexity index is 394. The average molecular weight is 288 g/mol. The van der Waals surface area contributed by atoms with Gasteiger partial charge in [0.1, 0.15) is 0 Å². The SMILES string of the molecule is NCC(CO)(Cc1c(Cl)cccc1Cl)CC1CC1. The van der Waals surface area contributed by atoms with Crippen molar-refractivity contribution in [3.63, 3.8) is 0 Å². The number of nitrogens with two attached hydrogens (primary N) is 1. The van der Waals surface area contributed by atoms with Crippen molar-refractivity contribution in [1.82, 2.24) is 0 Å². The third-order valence-corrected chi connectivity index (χ3v) is 4.51. The maximum absolute atomic E-state index is 9.73. The van der Waals surface area contributed by atoms with Crippen molar-refractivity contribution < 1.29 is 5.11 Å². The standard InChI is InChI=1S/C14H19Cl2NO/c15-12-2-1-3-13(16)11(12)7-14(8-17,9-18)6-10-4-5-10/h1-3,10,18H,4-9,17H2. The Balaban J connectivity index is 2.21. The van der Waals surface area contributed by atoms with Gasteiger partial charge in [-0.05, 0) is 36.5 Å². The van der Waals surface area contributed by atoms with Crippen LogP contribution in [0.25, 0.3) is 0 Å². The third-order valence-electron chi connectivity index (χ3n) is 3.80. The summed E-state index contributed by atoms with van der Waals surface area (Å²) in [5, 5.41) is 11.0. The van der Waals surface area contributed by atoms with Gasteiger partial charge in [0, 0.05) is 22.0 Å². The van der Waals surface area contributed by atoms with Crippen molar-refractivity contribution in [3.05, 3.63) is 33.8 Å². The fraction of sp³-hybridized carbons (Fsp3) is 0.571. The van der Waals surface area contributed by atoms with Gasteiger partial charge in [0.25, 0.3) is 0 Å². The molecule has 1 unspecified atom stereocenters. The van der Waals surface area contributed by atoms with Crippen LogP contribution in [-0.2, 0) is 6.42 Å². The summed E-state index contributed by atoms with van der Waals surface area (Å²) in [5.74, 6) is 0.710. The highest BCUT2D eigenvalue weighted by Gasteiger charge is 2.36. The molecule has 1 aliphatic rings. The highest BCUT2D eigenvalue weighted by atomic mass is 35.5. The first kappa shape index (κ1) is 14.1. The Morgan fingerprint density at radius 1 is 1.28 bits per heavy atom. The second kappa shape index (κ2) is 5.79. The molecule has 0 aromatic heterocycles. The quantitative estimate of drug-likeness (QED) is 0.844. The van der Waals surface area contributed by atoms with Crippen LogP contribution >= 0.6 is 23.2 Å². The lowest BCUT2D eigenvalue weighted by molar-refractivity contribution is 0.116. The molecule has 0 bridgehead atoms. The molecule has 0 amide bonds. The van der Waals surface area contributed by atoms with E-state index in [0.717, 1.165) is 12.0 Å². The van der Waals surface area contributed by atoms with Crippen LogP contribution in [0.4, 0.5) is 0 Å². The number of aliphatic hydroxyl groups is 1. The van der Waals surface area contributed by atoms with Gasteiger partial charge in [-0.3, -0.25) is 0 Å². The summed E-state index contributed by atoms with van der Waals surface area (Å²) in [6.07, 6.45) is 4.10. The molecule has 0 radical (unpaired) electrons. The van der Waals surface area contributed by atoms with Crippen LogP contribution in [0.5, 0.6) is 0 Å². The van der Waals surface area contributed by atoms with Gasteiger partial charge < -0.3 is 10.8 Å². The topological polar surface area (TPSA) is 46.2 Å². The van der Waals surface area contributed by atoms with Gasteiger partial charge >= 0.3 is 0 Å². The number of halogens is 2. The van der Waals surface area contributed by atoms with E-state index in [1.54, 1.807) is 0 Å². The van der Waals surface area contributed by atoms with Crippen LogP contribution in [0.3, 0.4) is 0 Å². The number of hydrogen-bond donors (Lipinski definition) is 2. The van der Waals surface area contributed by atoms with Crippen LogP contribution in [0, 0.1) is 11.3 Å². The zero-order chi connectivity index (χ0) is 13.2. The molecular formula is C14H19Cl2NO. The highest BCUT2D eigenvalue weighted by molar-refractivity contribution is 6.36. The predicted octanol–water partition coefficient (Wildman–Crippen LogP) is 3.27. The van der Waals surface area contributed by atoms with E-state index in [2.05, 4.69) is 0 Å². The second-order valence-electron chi connectivity index (χ2n) is 5.39. The van der Waals surface area contributed by atoms with Crippen LogP contribution in [0.1, 0.15) is 24.8 Å². The van der Waals surface area contributed by atoms with Crippen molar-refractivity contribution in [2.24, 2.45) is 17.1 Å². The van der Waals surface area contributed by atoms with E-state index in [1.807, 2.05) is 18.2 Å². The summed E-state index contributed by atoms with van der Waals surface area (Å²) >= 11 is 12.4. The second-order valence-corrected chi connectivity index (χ2v) is 6.20. The van der Waals surface area contributed by atoms with Gasteiger partial charge in [-0.25, -0.2) is 0 Å². The minimum atomic E-state index is -0.282. The van der Waals surface area contributed by atoms with Crippen LogP contribution in [0.15, 0.2) is 18.2 Å². The maximum Gasteiger partial charge on any atom is 0.0502 e. The molecule has 1 atom stereocenters. The minimum absolute atomic E-state index is 0.0849. The summed E-state index contributed by atoms with van der Waals surface area (Å²) in [6, 6.07) is 5.50. The van der Waals surface area contributed by atoms with Crippen LogP contribution in [0.2, 0.25) is 10.0 Å². The molecule has 4 heteroatoms. The first-order valence-corrected chi connectivity index (χ1v) is 7.09. The zero-order valence-corrected chi connectivity index (χ0v) is 11.8. The molecule has 1 saturated carbocycles.